The Hall–Kier alpha value is -2.41. The summed E-state index contributed by atoms with van der Waals surface area (Å²) in [6.45, 7) is 6.30. The van der Waals surface area contributed by atoms with Gasteiger partial charge in [0.15, 0.2) is 0 Å². The number of hydrogen-bond acceptors (Lipinski definition) is 3. The normalized spacial score (nSPS) is 24.5. The van der Waals surface area contributed by atoms with Crippen molar-refractivity contribution in [3.63, 3.8) is 0 Å². The fraction of sp³-hybridized carbons (Fsp3) is 0.500. The fourth-order valence-electron chi connectivity index (χ4n) is 3.68. The number of nitriles is 1. The zero-order valence-corrected chi connectivity index (χ0v) is 17.1. The van der Waals surface area contributed by atoms with Crippen molar-refractivity contribution in [3.8, 4) is 6.07 Å². The summed E-state index contributed by atoms with van der Waals surface area (Å²) in [4.78, 5) is 12.4. The van der Waals surface area contributed by atoms with E-state index in [0.29, 0.717) is 17.9 Å². The Kier molecular flexibility index (Phi) is 8.44. The van der Waals surface area contributed by atoms with E-state index < -0.39 is 17.9 Å². The number of allylic oxidation sites excluding steroid dienone is 3. The van der Waals surface area contributed by atoms with Crippen LogP contribution in [0, 0.1) is 17.2 Å². The number of esters is 1. The molecular weight excluding hydrogens is 353 g/mol. The van der Waals surface area contributed by atoms with E-state index in [4.69, 9.17) is 10.00 Å². The maximum Gasteiger partial charge on any atom is 0.338 e. The minimum atomic E-state index is -0.515. The molecule has 1 atom stereocenters. The molecule has 0 aromatic heterocycles. The topological polar surface area (TPSA) is 50.1 Å². The van der Waals surface area contributed by atoms with Crippen molar-refractivity contribution < 1.29 is 13.9 Å². The highest BCUT2D eigenvalue weighted by molar-refractivity contribution is 5.89. The summed E-state index contributed by atoms with van der Waals surface area (Å²) >= 11 is 0. The number of hydrogen-bond donors (Lipinski definition) is 0. The van der Waals surface area contributed by atoms with E-state index in [1.165, 1.54) is 37.3 Å². The predicted molar refractivity (Wildman–Crippen MR) is 109 cm³/mol. The van der Waals surface area contributed by atoms with Crippen molar-refractivity contribution in [2.24, 2.45) is 5.92 Å². The van der Waals surface area contributed by atoms with Crippen LogP contribution >= 0.6 is 0 Å². The molecule has 1 saturated carbocycles. The van der Waals surface area contributed by atoms with Crippen molar-refractivity contribution in [1.29, 1.82) is 5.26 Å². The van der Waals surface area contributed by atoms with Gasteiger partial charge < -0.3 is 4.74 Å². The van der Waals surface area contributed by atoms with Crippen LogP contribution in [0.25, 0.3) is 0 Å². The molecular formula is C24H30FNO2. The molecule has 28 heavy (non-hydrogen) atoms. The lowest BCUT2D eigenvalue weighted by Gasteiger charge is -2.26. The van der Waals surface area contributed by atoms with Gasteiger partial charge in [0, 0.05) is 6.42 Å². The summed E-state index contributed by atoms with van der Waals surface area (Å²) in [6, 6.07) is 9.49. The van der Waals surface area contributed by atoms with E-state index in [-0.39, 0.29) is 12.0 Å². The van der Waals surface area contributed by atoms with Gasteiger partial charge in [-0.15, -0.1) is 0 Å². The Bertz CT molecular complexity index is 750. The average Bonchev–Trinajstić information content (AvgIpc) is 2.91. The number of ether oxygens (including phenoxy) is 1. The molecule has 0 heterocycles. The highest BCUT2D eigenvalue weighted by atomic mass is 19.1. The Morgan fingerprint density at radius 3 is 2.36 bits per heavy atom. The number of carbonyl (C=O) groups excluding carboxylic acids is 1. The second kappa shape index (κ2) is 10.8. The Balaban J connectivity index is 0.00000136. The maximum atomic E-state index is 13.7. The lowest BCUT2D eigenvalue weighted by molar-refractivity contribution is 0.0380. The van der Waals surface area contributed by atoms with E-state index in [1.807, 2.05) is 44.2 Å². The van der Waals surface area contributed by atoms with Crippen molar-refractivity contribution in [1.82, 2.24) is 0 Å². The number of nitrogens with zero attached hydrogens (tertiary/aromatic N) is 1. The third kappa shape index (κ3) is 5.79. The molecule has 3 nitrogen and oxygen atoms in total. The first-order chi connectivity index (χ1) is 13.6. The monoisotopic (exact) mass is 383 g/mol. The lowest BCUT2D eigenvalue weighted by Crippen LogP contribution is -2.16. The van der Waals surface area contributed by atoms with Crippen LogP contribution in [0.15, 0.2) is 47.8 Å². The number of rotatable bonds is 3. The maximum absolute atomic E-state index is 13.7. The lowest BCUT2D eigenvalue weighted by atomic mass is 9.79. The molecule has 0 N–H and O–H groups in total. The van der Waals surface area contributed by atoms with Crippen molar-refractivity contribution in [2.45, 2.75) is 71.3 Å². The zero-order chi connectivity index (χ0) is 20.5. The molecule has 0 amide bonds. The first-order valence-corrected chi connectivity index (χ1v) is 10.3. The van der Waals surface area contributed by atoms with Crippen molar-refractivity contribution >= 4 is 5.97 Å². The van der Waals surface area contributed by atoms with Crippen LogP contribution < -0.4 is 0 Å². The van der Waals surface area contributed by atoms with Crippen LogP contribution in [-0.2, 0) is 4.74 Å². The van der Waals surface area contributed by atoms with Crippen LogP contribution in [0.2, 0.25) is 0 Å². The fourth-order valence-corrected chi connectivity index (χ4v) is 3.68. The second-order valence-corrected chi connectivity index (χ2v) is 7.35. The minimum absolute atomic E-state index is 0.00898. The van der Waals surface area contributed by atoms with Crippen LogP contribution in [-0.4, -0.2) is 12.1 Å². The van der Waals surface area contributed by atoms with E-state index in [0.717, 1.165) is 5.92 Å². The van der Waals surface area contributed by atoms with Gasteiger partial charge in [-0.25, -0.2) is 9.18 Å². The van der Waals surface area contributed by atoms with Crippen molar-refractivity contribution in [3.05, 3.63) is 58.9 Å². The first kappa shape index (κ1) is 21.9. The molecule has 1 aromatic rings. The Labute approximate surface area is 167 Å². The Morgan fingerprint density at radius 1 is 1.11 bits per heavy atom. The van der Waals surface area contributed by atoms with E-state index in [2.05, 4.69) is 6.92 Å². The van der Waals surface area contributed by atoms with Gasteiger partial charge in [-0.2, -0.15) is 5.26 Å². The summed E-state index contributed by atoms with van der Waals surface area (Å²) < 4.78 is 19.1. The third-order valence-electron chi connectivity index (χ3n) is 5.43. The van der Waals surface area contributed by atoms with Crippen LogP contribution in [0.1, 0.15) is 81.1 Å². The van der Waals surface area contributed by atoms with E-state index in [1.54, 1.807) is 6.08 Å². The number of carbonyl (C=O) groups is 1. The summed E-state index contributed by atoms with van der Waals surface area (Å²) in [5, 5.41) is 8.87. The summed E-state index contributed by atoms with van der Waals surface area (Å²) in [7, 11) is 0. The van der Waals surface area contributed by atoms with Gasteiger partial charge in [0.05, 0.1) is 11.1 Å². The van der Waals surface area contributed by atoms with Crippen LogP contribution in [0.4, 0.5) is 4.39 Å². The molecule has 0 bridgehead atoms. The van der Waals surface area contributed by atoms with Gasteiger partial charge in [0.25, 0.3) is 0 Å². The minimum Gasteiger partial charge on any atom is -0.455 e. The van der Waals surface area contributed by atoms with Gasteiger partial charge in [0.2, 0.25) is 0 Å². The summed E-state index contributed by atoms with van der Waals surface area (Å²) in [5.41, 5.74) is 1.80. The van der Waals surface area contributed by atoms with Gasteiger partial charge >= 0.3 is 5.97 Å². The van der Waals surface area contributed by atoms with Crippen LogP contribution in [0.5, 0.6) is 0 Å². The molecule has 2 aliphatic carbocycles. The number of benzene rings is 1. The zero-order valence-electron chi connectivity index (χ0n) is 17.1. The SMILES string of the molecule is CC.CC1CCC(c2ccc(C(=O)OC3C=CC(C#N)=C(F)CC3)cc2)CC1. The first-order valence-electron chi connectivity index (χ1n) is 10.3. The van der Waals surface area contributed by atoms with Gasteiger partial charge in [0.1, 0.15) is 18.0 Å². The highest BCUT2D eigenvalue weighted by Gasteiger charge is 2.21. The van der Waals surface area contributed by atoms with E-state index >= 15 is 0 Å². The smallest absolute Gasteiger partial charge is 0.338 e. The van der Waals surface area contributed by atoms with Gasteiger partial charge in [-0.3, -0.25) is 0 Å². The number of halogens is 1. The van der Waals surface area contributed by atoms with E-state index in [9.17, 15) is 9.18 Å². The highest BCUT2D eigenvalue weighted by Crippen LogP contribution is 2.35. The van der Waals surface area contributed by atoms with Crippen LogP contribution in [0.3, 0.4) is 0 Å². The quantitative estimate of drug-likeness (QED) is 0.550. The summed E-state index contributed by atoms with van der Waals surface area (Å²) in [6.07, 6.45) is 7.85. The molecule has 1 fully saturated rings. The van der Waals surface area contributed by atoms with Gasteiger partial charge in [-0.1, -0.05) is 45.7 Å². The standard InChI is InChI=1S/C22H24FNO2.C2H6/c1-15-2-4-16(5-3-15)17-6-8-18(9-7-17)22(25)26-20-11-10-19(14-24)21(23)13-12-20;1-2/h6-11,15-16,20H,2-5,12-13H2,1H3;1-2H3. The molecule has 1 aromatic carbocycles. The third-order valence-corrected chi connectivity index (χ3v) is 5.43. The average molecular weight is 384 g/mol. The molecule has 0 radical (unpaired) electrons. The molecule has 0 aliphatic heterocycles. The second-order valence-electron chi connectivity index (χ2n) is 7.35. The molecule has 1 unspecified atom stereocenters. The predicted octanol–water partition coefficient (Wildman–Crippen LogP) is 6.63. The van der Waals surface area contributed by atoms with Gasteiger partial charge in [-0.05, 0) is 60.9 Å². The molecule has 2 aliphatic rings. The molecule has 0 saturated heterocycles. The molecule has 0 spiro atoms. The summed E-state index contributed by atoms with van der Waals surface area (Å²) in [5.74, 6) is 0.534. The van der Waals surface area contributed by atoms with Crippen molar-refractivity contribution in [2.75, 3.05) is 0 Å². The Morgan fingerprint density at radius 2 is 1.75 bits per heavy atom. The molecule has 150 valence electrons. The largest absolute Gasteiger partial charge is 0.455 e. The molecule has 3 rings (SSSR count). The molecule has 4 heteroatoms.